The Bertz CT molecular complexity index is 3330. The summed E-state index contributed by atoms with van der Waals surface area (Å²) in [5, 5.41) is 67.7. The third kappa shape index (κ3) is 29.4. The monoisotopic (exact) mass is 1620 g/mol. The highest BCUT2D eigenvalue weighted by atomic mass is 16.4. The summed E-state index contributed by atoms with van der Waals surface area (Å²) in [6, 6.07) is -19.0. The number of hydrogen-bond donors (Lipinski definition) is 20. The van der Waals surface area contributed by atoms with E-state index >= 15 is 0 Å². The molecule has 41 nitrogen and oxygen atoms in total. The number of carboxylic acid groups (broad SMARTS) is 1. The molecule has 0 unspecified atom stereocenters. The number of likely N-dealkylation sites (tertiary alicyclic amines) is 4. The van der Waals surface area contributed by atoms with E-state index in [2.05, 4.69) is 58.2 Å². The predicted molar refractivity (Wildman–Crippen MR) is 413 cm³/mol. The summed E-state index contributed by atoms with van der Waals surface area (Å²) < 4.78 is 0. The van der Waals surface area contributed by atoms with E-state index in [9.17, 15) is 97.1 Å². The number of amides is 15. The fourth-order valence-electron chi connectivity index (χ4n) is 14.1. The highest BCUT2D eigenvalue weighted by Crippen LogP contribution is 2.30. The molecule has 4 heterocycles. The molecule has 644 valence electrons. The average molecular weight is 1620 g/mol. The molecule has 4 aliphatic rings. The minimum atomic E-state index is -1.75. The number of nitrogens with one attached hydrogen (secondary N) is 10. The van der Waals surface area contributed by atoms with Crippen LogP contribution in [-0.2, 0) is 76.7 Å². The molecule has 0 spiro atoms. The molecule has 4 fully saturated rings. The van der Waals surface area contributed by atoms with Gasteiger partial charge in [-0.1, -0.05) is 60.3 Å². The van der Waals surface area contributed by atoms with Crippen molar-refractivity contribution in [2.24, 2.45) is 51.2 Å². The Morgan fingerprint density at radius 2 is 0.877 bits per heavy atom. The van der Waals surface area contributed by atoms with Crippen molar-refractivity contribution in [3.05, 3.63) is 0 Å². The van der Waals surface area contributed by atoms with Crippen LogP contribution >= 0.6 is 0 Å². The molecule has 4 saturated heterocycles. The fourth-order valence-corrected chi connectivity index (χ4v) is 14.1. The van der Waals surface area contributed by atoms with Gasteiger partial charge in [0.25, 0.3) is 0 Å². The van der Waals surface area contributed by atoms with Crippen molar-refractivity contribution in [1.82, 2.24) is 72.8 Å². The molecule has 17 atom stereocenters. The highest BCUT2D eigenvalue weighted by Gasteiger charge is 2.49. The Balaban J connectivity index is 1.48. The predicted octanol–water partition coefficient (Wildman–Crippen LogP) is -6.93. The number of nitrogens with zero attached hydrogens (tertiary/aromatic N) is 5. The van der Waals surface area contributed by atoms with Gasteiger partial charge in [0.2, 0.25) is 88.6 Å². The number of unbranched alkanes of at least 4 members (excludes halogenated alkanes) is 3. The maximum atomic E-state index is 14.8. The number of carbonyl (C=O) groups is 16. The van der Waals surface area contributed by atoms with Gasteiger partial charge >= 0.3 is 5.97 Å². The van der Waals surface area contributed by atoms with E-state index in [4.69, 9.17) is 34.4 Å². The van der Waals surface area contributed by atoms with Gasteiger partial charge in [0.15, 0.2) is 5.96 Å². The van der Waals surface area contributed by atoms with Gasteiger partial charge in [-0.2, -0.15) is 0 Å². The zero-order valence-electron chi connectivity index (χ0n) is 66.8. The summed E-state index contributed by atoms with van der Waals surface area (Å²) in [6.07, 6.45) is 1.74. The largest absolute Gasteiger partial charge is 0.480 e. The molecular formula is C73H127N21O20. The zero-order valence-corrected chi connectivity index (χ0v) is 66.8. The number of rotatable bonds is 49. The number of aliphatic hydroxyl groups is 3. The molecule has 26 N–H and O–H groups in total. The van der Waals surface area contributed by atoms with E-state index in [0.717, 1.165) is 4.90 Å². The number of primary amides is 1. The summed E-state index contributed by atoms with van der Waals surface area (Å²) >= 11 is 0. The van der Waals surface area contributed by atoms with Crippen LogP contribution < -0.4 is 87.6 Å². The van der Waals surface area contributed by atoms with Crippen LogP contribution in [0.2, 0.25) is 0 Å². The first-order chi connectivity index (χ1) is 54.0. The molecular weight excluding hydrogens is 1490 g/mol. The first kappa shape index (κ1) is 96.9. The average Bonchev–Trinajstić information content (AvgIpc) is 1.64. The molecule has 0 aliphatic carbocycles. The number of aliphatic hydroxyl groups excluding tert-OH is 3. The number of aliphatic imine (C=N–C) groups is 1. The van der Waals surface area contributed by atoms with Crippen LogP contribution in [0.25, 0.3) is 0 Å². The number of carbonyl (C=O) groups excluding carboxylic acids is 15. The van der Waals surface area contributed by atoms with Gasteiger partial charge in [-0.3, -0.25) is 76.9 Å². The standard InChI is InChI=1S/C73H127N21O20/c1-8-10-21-44(83-59(100)43(76)20-11-13-30-74)61(102)88-56(40(5)9-2)67(108)87-55(39(3)4)66(107)90-58(42(7)97)70(111)92-34-17-25-50(92)64(105)85-45(23-15-32-80-73(78)79)62(103)89-57(41(6)96)71(112)94-36-19-27-52(94)69(110)93-35-18-26-51(93)68(109)91-33-16-24-49(91)65(106)86-48(38-95)63(104)84-46(28-29-53(77)98)60(101)81-37-54(99)82-47(72(113)114)22-12-14-31-75/h39-52,55-58,95-97H,8-38,74-76H2,1-7H3,(H2,77,98)(H,81,101)(H,82,99)(H,83,100)(H,84,104)(H,85,105)(H,86,106)(H,87,108)(H,88,102)(H,89,103)(H,90,107)(H,113,114)(H4,78,79,80)/t40-,41+,42+,43-,44-,45-,46-,47-,48-,49-,50-,51-,52-,55-,56-,57-,58-/m0/s1. The Labute approximate surface area is 664 Å². The first-order valence-corrected chi connectivity index (χ1v) is 39.9. The Hall–Kier alpha value is -9.45. The topological polar surface area (TPSA) is 656 Å². The van der Waals surface area contributed by atoms with E-state index in [1.165, 1.54) is 28.5 Å². The lowest BCUT2D eigenvalue weighted by Crippen LogP contribution is -2.63. The second-order valence-electron chi connectivity index (χ2n) is 30.2. The van der Waals surface area contributed by atoms with Gasteiger partial charge in [-0.05, 0) is 148 Å². The molecule has 114 heavy (non-hydrogen) atoms. The molecule has 0 aromatic rings. The van der Waals surface area contributed by atoms with E-state index in [1.54, 1.807) is 27.7 Å². The van der Waals surface area contributed by atoms with Gasteiger partial charge in [0, 0.05) is 39.1 Å². The van der Waals surface area contributed by atoms with Crippen LogP contribution in [0.4, 0.5) is 0 Å². The second-order valence-corrected chi connectivity index (χ2v) is 30.2. The van der Waals surface area contributed by atoms with Gasteiger partial charge in [0.05, 0.1) is 31.4 Å². The minimum Gasteiger partial charge on any atom is -0.480 e. The van der Waals surface area contributed by atoms with Crippen molar-refractivity contribution in [1.29, 1.82) is 0 Å². The van der Waals surface area contributed by atoms with Crippen LogP contribution in [0.3, 0.4) is 0 Å². The Morgan fingerprint density at radius 3 is 1.38 bits per heavy atom. The van der Waals surface area contributed by atoms with Crippen LogP contribution in [0.1, 0.15) is 190 Å². The van der Waals surface area contributed by atoms with Crippen LogP contribution in [0.5, 0.6) is 0 Å². The molecule has 0 radical (unpaired) electrons. The third-order valence-electron chi connectivity index (χ3n) is 20.9. The first-order valence-electron chi connectivity index (χ1n) is 39.9. The number of carboxylic acids is 1. The van der Waals surface area contributed by atoms with E-state index in [1.807, 2.05) is 6.92 Å². The normalized spacial score (nSPS) is 20.1. The van der Waals surface area contributed by atoms with Gasteiger partial charge in [-0.15, -0.1) is 0 Å². The van der Waals surface area contributed by atoms with Crippen molar-refractivity contribution >= 4 is 101 Å². The summed E-state index contributed by atoms with van der Waals surface area (Å²) in [5.41, 5.74) is 33.7. The van der Waals surface area contributed by atoms with Gasteiger partial charge in [0.1, 0.15) is 78.5 Å². The molecule has 4 aliphatic heterocycles. The quantitative estimate of drug-likeness (QED) is 0.0153. The zero-order chi connectivity index (χ0) is 85.2. The maximum absolute atomic E-state index is 14.8. The van der Waals surface area contributed by atoms with E-state index in [0.29, 0.717) is 77.3 Å². The smallest absolute Gasteiger partial charge is 0.326 e. The Kier molecular flexibility index (Phi) is 41.4. The minimum absolute atomic E-state index is 0.0313. The number of aliphatic carboxylic acids is 1. The molecule has 15 amide bonds. The van der Waals surface area contributed by atoms with Crippen LogP contribution in [0.15, 0.2) is 4.99 Å². The van der Waals surface area contributed by atoms with E-state index in [-0.39, 0.29) is 103 Å². The second kappa shape index (κ2) is 48.7. The fraction of sp³-hybridized carbons (Fsp3) is 0.767. The summed E-state index contributed by atoms with van der Waals surface area (Å²) in [7, 11) is 0. The summed E-state index contributed by atoms with van der Waals surface area (Å²) in [4.78, 5) is 230. The van der Waals surface area contributed by atoms with Crippen molar-refractivity contribution in [2.75, 3.05) is 59.0 Å². The summed E-state index contributed by atoms with van der Waals surface area (Å²) in [5.74, 6) is -15.2. The highest BCUT2D eigenvalue weighted by molar-refractivity contribution is 6.01. The Morgan fingerprint density at radius 1 is 0.456 bits per heavy atom. The molecule has 0 aromatic carbocycles. The van der Waals surface area contributed by atoms with Crippen LogP contribution in [-0.4, -0.2) is 296 Å². The molecule has 41 heteroatoms. The van der Waals surface area contributed by atoms with Gasteiger partial charge < -0.3 is 128 Å². The van der Waals surface area contributed by atoms with Crippen molar-refractivity contribution in [3.8, 4) is 0 Å². The SMILES string of the molecule is CCCC[C@H](NC(=O)[C@@H](N)CCCCN)C(=O)N[C@H](C(=O)N[C@H](C(=O)N[C@H](C(=O)N1CCC[C@H]1C(=O)N[C@@H](CCCN=C(N)N)C(=O)N[C@H](C(=O)N1CCC[C@H]1C(=O)N1CCC[C@H]1C(=O)N1CCC[C@H]1C(=O)N[C@@H](CO)C(=O)N[C@@H](CCC(N)=O)C(=O)NCC(=O)N[C@@H](CCCCN)C(=O)O)[C@@H](C)O)[C@@H](C)O)C(C)C)[C@@H](C)CC. The maximum Gasteiger partial charge on any atom is 0.326 e. The lowest BCUT2D eigenvalue weighted by Gasteiger charge is -2.35. The number of nitrogens with two attached hydrogens (primary N) is 6. The third-order valence-corrected chi connectivity index (χ3v) is 20.9. The number of hydrogen-bond acceptors (Lipinski definition) is 23. The van der Waals surface area contributed by atoms with E-state index < -0.39 is 229 Å². The summed E-state index contributed by atoms with van der Waals surface area (Å²) in [6.45, 7) is 10.0. The molecule has 0 saturated carbocycles. The van der Waals surface area contributed by atoms with Crippen molar-refractivity contribution in [3.63, 3.8) is 0 Å². The lowest BCUT2D eigenvalue weighted by atomic mass is 9.95. The van der Waals surface area contributed by atoms with Gasteiger partial charge in [-0.25, -0.2) is 4.79 Å². The van der Waals surface area contributed by atoms with Crippen molar-refractivity contribution in [2.45, 2.75) is 287 Å². The molecule has 4 rings (SSSR count). The van der Waals surface area contributed by atoms with Crippen LogP contribution in [0, 0.1) is 11.8 Å². The molecule has 0 aromatic heterocycles. The lowest BCUT2D eigenvalue weighted by molar-refractivity contribution is -0.152. The molecule has 0 bridgehead atoms. The van der Waals surface area contributed by atoms with Crippen molar-refractivity contribution < 1.29 is 97.1 Å². The number of guanidine groups is 1.